The van der Waals surface area contributed by atoms with Crippen LogP contribution < -0.4 is 0 Å². The van der Waals surface area contributed by atoms with E-state index in [0.717, 1.165) is 30.5 Å². The summed E-state index contributed by atoms with van der Waals surface area (Å²) in [5.41, 5.74) is 0. The van der Waals surface area contributed by atoms with Crippen molar-refractivity contribution in [3.05, 3.63) is 23.3 Å². The molecule has 2 aromatic heterocycles. The smallest absolute Gasteiger partial charge is 0.313 e. The van der Waals surface area contributed by atoms with Crippen molar-refractivity contribution in [3.8, 4) is 0 Å². The van der Waals surface area contributed by atoms with Gasteiger partial charge in [-0.05, 0) is 75.0 Å². The minimum Gasteiger partial charge on any atom is -0.481 e. The number of carboxylic acids is 1. The normalized spacial score (nSPS) is 30.3. The number of H-pyrrole nitrogens is 2. The van der Waals surface area contributed by atoms with Crippen LogP contribution in [0.2, 0.25) is 0 Å². The van der Waals surface area contributed by atoms with E-state index >= 15 is 0 Å². The topological polar surface area (TPSA) is 167 Å². The standard InChI is InChI=1S/C14H23N3O2.C9H18O.C5H7N3O2.2H2/c1-8-5-9(2)14(10(3)6-8)19-13(18)7-12-15-11(4)16-17-12;1-6-4-7(2)9(10)8(3)5-6;1-3-6-4(8-7-3)2-5(9)10;;/h8-10,14H,5-7H2,1-4H3,(H,15,16,17);6-10H,4-5H2,1-3H3;2H2,1H3,(H,9,10)(H,6,7,8);2*1H. The predicted molar refractivity (Wildman–Crippen MR) is 151 cm³/mol. The first-order chi connectivity index (χ1) is 18.2. The van der Waals surface area contributed by atoms with E-state index in [2.05, 4.69) is 71.9 Å². The lowest BCUT2D eigenvalue weighted by atomic mass is 9.75. The Bertz CT molecular complexity index is 1030. The molecule has 2 heterocycles. The predicted octanol–water partition coefficient (Wildman–Crippen LogP) is 4.55. The van der Waals surface area contributed by atoms with Crippen LogP contribution >= 0.6 is 0 Å². The van der Waals surface area contributed by atoms with Gasteiger partial charge in [0.15, 0.2) is 11.6 Å². The highest BCUT2D eigenvalue weighted by Crippen LogP contribution is 2.35. The number of carbonyl (C=O) groups excluding carboxylic acids is 1. The fourth-order valence-electron chi connectivity index (χ4n) is 6.03. The van der Waals surface area contributed by atoms with Gasteiger partial charge in [0.2, 0.25) is 0 Å². The van der Waals surface area contributed by atoms with E-state index in [4.69, 9.17) is 9.84 Å². The third-order valence-electron chi connectivity index (χ3n) is 7.55. The lowest BCUT2D eigenvalue weighted by Crippen LogP contribution is -2.37. The summed E-state index contributed by atoms with van der Waals surface area (Å²) >= 11 is 0. The molecule has 4 N–H and O–H groups in total. The lowest BCUT2D eigenvalue weighted by molar-refractivity contribution is -0.157. The Morgan fingerprint density at radius 3 is 1.59 bits per heavy atom. The van der Waals surface area contributed by atoms with Gasteiger partial charge in [-0.1, -0.05) is 41.5 Å². The van der Waals surface area contributed by atoms with Crippen LogP contribution in [0.1, 0.15) is 93.4 Å². The molecule has 2 aliphatic rings. The van der Waals surface area contributed by atoms with E-state index in [-0.39, 0.29) is 33.9 Å². The van der Waals surface area contributed by atoms with Crippen molar-refractivity contribution in [1.82, 2.24) is 30.4 Å². The maximum absolute atomic E-state index is 11.9. The average Bonchev–Trinajstić information content (AvgIpc) is 3.42. The van der Waals surface area contributed by atoms with E-state index in [1.165, 1.54) is 12.8 Å². The van der Waals surface area contributed by atoms with Crippen LogP contribution in [0.15, 0.2) is 0 Å². The Kier molecular flexibility index (Phi) is 12.5. The maximum Gasteiger partial charge on any atom is 0.313 e. The van der Waals surface area contributed by atoms with E-state index in [0.29, 0.717) is 41.1 Å². The molecule has 0 aliphatic heterocycles. The number of esters is 1. The number of rotatable bonds is 5. The molecule has 4 atom stereocenters. The first-order valence-corrected chi connectivity index (χ1v) is 14.1. The van der Waals surface area contributed by atoms with Crippen LogP contribution in [0, 0.1) is 49.4 Å². The molecule has 0 spiro atoms. The van der Waals surface area contributed by atoms with Gasteiger partial charge in [-0.3, -0.25) is 19.8 Å². The number of carboxylic acid groups (broad SMARTS) is 1. The van der Waals surface area contributed by atoms with Gasteiger partial charge in [0.1, 0.15) is 30.6 Å². The summed E-state index contributed by atoms with van der Waals surface area (Å²) in [5.74, 6) is 4.45. The molecule has 4 unspecified atom stereocenters. The van der Waals surface area contributed by atoms with Crippen LogP contribution in [0.5, 0.6) is 0 Å². The third kappa shape index (κ3) is 11.1. The maximum atomic E-state index is 11.9. The second kappa shape index (κ2) is 15.1. The van der Waals surface area contributed by atoms with Crippen LogP contribution in [0.4, 0.5) is 0 Å². The minimum atomic E-state index is -0.918. The van der Waals surface area contributed by atoms with E-state index in [9.17, 15) is 14.7 Å². The zero-order chi connectivity index (χ0) is 29.3. The van der Waals surface area contributed by atoms with E-state index < -0.39 is 5.97 Å². The molecule has 2 aliphatic carbocycles. The van der Waals surface area contributed by atoms with Gasteiger partial charge >= 0.3 is 11.9 Å². The second-order valence-corrected chi connectivity index (χ2v) is 11.9. The molecule has 0 saturated heterocycles. The first kappa shape index (κ1) is 32.4. The second-order valence-electron chi connectivity index (χ2n) is 11.9. The number of carbonyl (C=O) groups is 2. The van der Waals surface area contributed by atoms with Crippen molar-refractivity contribution < 1.29 is 27.4 Å². The van der Waals surface area contributed by atoms with Crippen LogP contribution in [-0.4, -0.2) is 64.7 Å². The molecular formula is C28H52N6O5. The number of aliphatic hydroxyl groups is 1. The van der Waals surface area contributed by atoms with Crippen LogP contribution in [-0.2, 0) is 27.2 Å². The number of aromatic nitrogens is 6. The van der Waals surface area contributed by atoms with Gasteiger partial charge in [0.05, 0.1) is 6.10 Å². The highest BCUT2D eigenvalue weighted by atomic mass is 16.5. The zero-order valence-electron chi connectivity index (χ0n) is 24.8. The number of nitrogens with one attached hydrogen (secondary N) is 2. The van der Waals surface area contributed by atoms with Gasteiger partial charge in [0.25, 0.3) is 0 Å². The fraction of sp³-hybridized carbons (Fsp3) is 0.786. The number of nitrogens with zero attached hydrogens (tertiary/aromatic N) is 4. The number of hydrogen-bond donors (Lipinski definition) is 4. The Morgan fingerprint density at radius 2 is 1.21 bits per heavy atom. The van der Waals surface area contributed by atoms with Gasteiger partial charge in [0, 0.05) is 2.85 Å². The minimum absolute atomic E-state index is 0. The molecule has 11 heteroatoms. The van der Waals surface area contributed by atoms with Gasteiger partial charge in [-0.2, -0.15) is 10.2 Å². The van der Waals surface area contributed by atoms with Crippen LogP contribution in [0.3, 0.4) is 0 Å². The Hall–Kier alpha value is -2.82. The average molecular weight is 553 g/mol. The lowest BCUT2D eigenvalue weighted by Gasteiger charge is -2.37. The van der Waals surface area contributed by atoms with E-state index in [1.54, 1.807) is 6.92 Å². The first-order valence-electron chi connectivity index (χ1n) is 14.1. The molecule has 2 fully saturated rings. The SMILES string of the molecule is CC1CC(C)C(O)C(C)C1.Cc1nc(CC(=O)O)n[nH]1.Cc1nc(CC(=O)OC2C(C)CC(C)CC2C)n[nH]1.[HH].[HH]. The summed E-state index contributed by atoms with van der Waals surface area (Å²) in [5, 5.41) is 30.7. The van der Waals surface area contributed by atoms with Crippen molar-refractivity contribution in [2.24, 2.45) is 35.5 Å². The van der Waals surface area contributed by atoms with E-state index in [1.807, 2.05) is 6.92 Å². The molecule has 0 bridgehead atoms. The number of aromatic amines is 2. The van der Waals surface area contributed by atoms with Crippen molar-refractivity contribution >= 4 is 11.9 Å². The third-order valence-corrected chi connectivity index (χ3v) is 7.55. The van der Waals surface area contributed by atoms with Crippen molar-refractivity contribution in [2.75, 3.05) is 0 Å². The molecule has 11 nitrogen and oxygen atoms in total. The quantitative estimate of drug-likeness (QED) is 0.389. The number of aliphatic hydroxyl groups excluding tert-OH is 1. The van der Waals surface area contributed by atoms with Crippen molar-refractivity contribution in [2.45, 2.75) is 106 Å². The highest BCUT2D eigenvalue weighted by molar-refractivity contribution is 5.71. The van der Waals surface area contributed by atoms with Crippen LogP contribution in [0.25, 0.3) is 0 Å². The summed E-state index contributed by atoms with van der Waals surface area (Å²) in [6, 6.07) is 0. The molecule has 0 aromatic carbocycles. The summed E-state index contributed by atoms with van der Waals surface area (Å²) in [6.45, 7) is 16.7. The summed E-state index contributed by atoms with van der Waals surface area (Å²) in [4.78, 5) is 30.0. The summed E-state index contributed by atoms with van der Waals surface area (Å²) in [6.07, 6.45) is 4.67. The Morgan fingerprint density at radius 1 is 0.795 bits per heavy atom. The molecule has 39 heavy (non-hydrogen) atoms. The fourth-order valence-corrected chi connectivity index (χ4v) is 6.03. The summed E-state index contributed by atoms with van der Waals surface area (Å²) in [7, 11) is 0. The van der Waals surface area contributed by atoms with Gasteiger partial charge < -0.3 is 14.9 Å². The zero-order valence-corrected chi connectivity index (χ0v) is 24.8. The Balaban J connectivity index is 0.000000622. The molecule has 224 valence electrons. The molecule has 0 radical (unpaired) electrons. The Labute approximate surface area is 234 Å². The van der Waals surface area contributed by atoms with Gasteiger partial charge in [-0.15, -0.1) is 0 Å². The van der Waals surface area contributed by atoms with Gasteiger partial charge in [-0.25, -0.2) is 9.97 Å². The molecule has 2 aromatic rings. The number of hydrogen-bond acceptors (Lipinski definition) is 8. The summed E-state index contributed by atoms with van der Waals surface area (Å²) < 4.78 is 5.64. The molecule has 4 rings (SSSR count). The number of ether oxygens (including phenoxy) is 1. The molecule has 0 amide bonds. The molecule has 2 saturated carbocycles. The van der Waals surface area contributed by atoms with Crippen molar-refractivity contribution in [1.29, 1.82) is 0 Å². The largest absolute Gasteiger partial charge is 0.481 e. The highest BCUT2D eigenvalue weighted by Gasteiger charge is 2.34. The number of aryl methyl sites for hydroxylation is 2. The molecular weight excluding hydrogens is 500 g/mol. The van der Waals surface area contributed by atoms with Crippen molar-refractivity contribution in [3.63, 3.8) is 0 Å². The monoisotopic (exact) mass is 552 g/mol. The number of aliphatic carboxylic acids is 1.